The zero-order valence-corrected chi connectivity index (χ0v) is 16.6. The van der Waals surface area contributed by atoms with Crippen molar-refractivity contribution in [3.8, 4) is 0 Å². The molecule has 1 aliphatic carbocycles. The molecule has 0 radical (unpaired) electrons. The van der Waals surface area contributed by atoms with Gasteiger partial charge in [-0.1, -0.05) is 67.2 Å². The van der Waals surface area contributed by atoms with Gasteiger partial charge in [-0.15, -0.1) is 0 Å². The molecule has 0 heterocycles. The fourth-order valence-electron chi connectivity index (χ4n) is 3.03. The molecule has 0 N–H and O–H groups in total. The third kappa shape index (κ3) is 7.24. The van der Waals surface area contributed by atoms with Gasteiger partial charge < -0.3 is 9.47 Å². The SMILES string of the molecule is CC.CCCC(OC(=O)C(C)(CCC)C(C)C)OC1CCCC1. The van der Waals surface area contributed by atoms with Gasteiger partial charge in [0.25, 0.3) is 0 Å². The van der Waals surface area contributed by atoms with Crippen molar-refractivity contribution in [3.05, 3.63) is 0 Å². The smallest absolute Gasteiger partial charge is 0.314 e. The molecule has 0 amide bonds. The van der Waals surface area contributed by atoms with Gasteiger partial charge in [-0.05, 0) is 32.1 Å². The average Bonchev–Trinajstić information content (AvgIpc) is 3.02. The van der Waals surface area contributed by atoms with Crippen LogP contribution in [-0.4, -0.2) is 18.4 Å². The number of rotatable bonds is 9. The number of hydrogen-bond acceptors (Lipinski definition) is 3. The highest BCUT2D eigenvalue weighted by Crippen LogP contribution is 2.35. The normalized spacial score (nSPS) is 19.0. The first-order valence-corrected chi connectivity index (χ1v) is 9.80. The van der Waals surface area contributed by atoms with Gasteiger partial charge in [0, 0.05) is 6.42 Å². The summed E-state index contributed by atoms with van der Waals surface area (Å²) < 4.78 is 11.8. The number of carbonyl (C=O) groups is 1. The lowest BCUT2D eigenvalue weighted by molar-refractivity contribution is -0.203. The summed E-state index contributed by atoms with van der Waals surface area (Å²) in [6, 6.07) is 0. The third-order valence-corrected chi connectivity index (χ3v) is 4.92. The summed E-state index contributed by atoms with van der Waals surface area (Å²) in [7, 11) is 0. The fraction of sp³-hybridized carbons (Fsp3) is 0.950. The second-order valence-corrected chi connectivity index (χ2v) is 6.99. The Labute approximate surface area is 144 Å². The fourth-order valence-corrected chi connectivity index (χ4v) is 3.03. The second kappa shape index (κ2) is 11.9. The summed E-state index contributed by atoms with van der Waals surface area (Å²) in [5.74, 6) is 0.189. The molecule has 2 unspecified atom stereocenters. The summed E-state index contributed by atoms with van der Waals surface area (Å²) in [6.45, 7) is 14.5. The molecule has 23 heavy (non-hydrogen) atoms. The van der Waals surface area contributed by atoms with Gasteiger partial charge in [0.05, 0.1) is 11.5 Å². The van der Waals surface area contributed by atoms with Crippen molar-refractivity contribution in [1.29, 1.82) is 0 Å². The van der Waals surface area contributed by atoms with E-state index in [0.717, 1.165) is 38.5 Å². The van der Waals surface area contributed by atoms with E-state index in [1.54, 1.807) is 0 Å². The van der Waals surface area contributed by atoms with E-state index in [4.69, 9.17) is 9.47 Å². The minimum atomic E-state index is -0.403. The molecule has 1 aliphatic rings. The summed E-state index contributed by atoms with van der Waals surface area (Å²) in [6.07, 6.45) is 8.22. The van der Waals surface area contributed by atoms with Crippen LogP contribution in [-0.2, 0) is 14.3 Å². The number of carbonyl (C=O) groups excluding carboxylic acids is 1. The van der Waals surface area contributed by atoms with Crippen LogP contribution in [0.25, 0.3) is 0 Å². The summed E-state index contributed by atoms with van der Waals surface area (Å²) in [5, 5.41) is 0. The van der Waals surface area contributed by atoms with Gasteiger partial charge in [0.2, 0.25) is 6.29 Å². The number of esters is 1. The van der Waals surface area contributed by atoms with Crippen LogP contribution in [0, 0.1) is 11.3 Å². The Morgan fingerprint density at radius 1 is 1.13 bits per heavy atom. The number of hydrogen-bond donors (Lipinski definition) is 0. The standard InChI is InChI=1S/C18H34O3.C2H6/c1-6-10-16(20-15-11-8-9-12-15)21-17(19)18(5,13-7-2)14(3)4;1-2/h14-16H,6-13H2,1-5H3;1-2H3. The van der Waals surface area contributed by atoms with Crippen LogP contribution < -0.4 is 0 Å². The zero-order chi connectivity index (χ0) is 17.9. The monoisotopic (exact) mass is 328 g/mol. The Morgan fingerprint density at radius 3 is 2.13 bits per heavy atom. The molecule has 3 nitrogen and oxygen atoms in total. The van der Waals surface area contributed by atoms with E-state index in [0.29, 0.717) is 0 Å². The minimum absolute atomic E-state index is 0.0872. The van der Waals surface area contributed by atoms with E-state index in [1.807, 2.05) is 20.8 Å². The molecule has 3 heteroatoms. The quantitative estimate of drug-likeness (QED) is 0.379. The maximum Gasteiger partial charge on any atom is 0.314 e. The first-order chi connectivity index (χ1) is 10.9. The molecule has 0 bridgehead atoms. The highest BCUT2D eigenvalue weighted by molar-refractivity contribution is 5.76. The Balaban J connectivity index is 0.00000232. The van der Waals surface area contributed by atoms with Crippen LogP contribution in [0.15, 0.2) is 0 Å². The van der Waals surface area contributed by atoms with Crippen LogP contribution in [0.4, 0.5) is 0 Å². The van der Waals surface area contributed by atoms with Crippen molar-refractivity contribution in [3.63, 3.8) is 0 Å². The van der Waals surface area contributed by atoms with Gasteiger partial charge in [-0.2, -0.15) is 0 Å². The molecule has 2 atom stereocenters. The van der Waals surface area contributed by atoms with E-state index in [2.05, 4.69) is 27.7 Å². The van der Waals surface area contributed by atoms with Crippen molar-refractivity contribution < 1.29 is 14.3 Å². The van der Waals surface area contributed by atoms with Crippen LogP contribution in [0.1, 0.15) is 99.8 Å². The molecule has 1 rings (SSSR count). The first kappa shape index (κ1) is 22.4. The molecular formula is C20H40O3. The Hall–Kier alpha value is -0.570. The first-order valence-electron chi connectivity index (χ1n) is 9.80. The van der Waals surface area contributed by atoms with E-state index in [1.165, 1.54) is 12.8 Å². The van der Waals surface area contributed by atoms with Crippen molar-refractivity contribution in [2.45, 2.75) is 112 Å². The molecule has 0 spiro atoms. The molecule has 0 aromatic heterocycles. The molecule has 138 valence electrons. The van der Waals surface area contributed by atoms with Crippen molar-refractivity contribution >= 4 is 5.97 Å². The molecule has 1 saturated carbocycles. The Bertz CT molecular complexity index is 308. The Kier molecular flexibility index (Phi) is 11.6. The maximum absolute atomic E-state index is 12.7. The van der Waals surface area contributed by atoms with Crippen LogP contribution in [0.3, 0.4) is 0 Å². The minimum Gasteiger partial charge on any atom is -0.435 e. The predicted octanol–water partition coefficient (Wildman–Crippen LogP) is 6.10. The van der Waals surface area contributed by atoms with Gasteiger partial charge in [0.15, 0.2) is 0 Å². The van der Waals surface area contributed by atoms with E-state index in [-0.39, 0.29) is 24.3 Å². The van der Waals surface area contributed by atoms with Crippen LogP contribution >= 0.6 is 0 Å². The van der Waals surface area contributed by atoms with Gasteiger partial charge in [-0.3, -0.25) is 4.79 Å². The lowest BCUT2D eigenvalue weighted by Crippen LogP contribution is -2.38. The second-order valence-electron chi connectivity index (χ2n) is 6.99. The highest BCUT2D eigenvalue weighted by Gasteiger charge is 2.39. The Morgan fingerprint density at radius 2 is 1.70 bits per heavy atom. The molecular weight excluding hydrogens is 288 g/mol. The van der Waals surface area contributed by atoms with Gasteiger partial charge in [0.1, 0.15) is 0 Å². The lowest BCUT2D eigenvalue weighted by Gasteiger charge is -2.33. The molecule has 0 saturated heterocycles. The molecule has 0 aliphatic heterocycles. The van der Waals surface area contributed by atoms with E-state index < -0.39 is 5.41 Å². The van der Waals surface area contributed by atoms with E-state index in [9.17, 15) is 4.79 Å². The van der Waals surface area contributed by atoms with Crippen LogP contribution in [0.5, 0.6) is 0 Å². The molecule has 0 aromatic rings. The van der Waals surface area contributed by atoms with Crippen LogP contribution in [0.2, 0.25) is 0 Å². The van der Waals surface area contributed by atoms with Crippen molar-refractivity contribution in [2.24, 2.45) is 11.3 Å². The maximum atomic E-state index is 12.7. The third-order valence-electron chi connectivity index (χ3n) is 4.92. The molecule has 1 fully saturated rings. The van der Waals surface area contributed by atoms with Gasteiger partial charge >= 0.3 is 5.97 Å². The lowest BCUT2D eigenvalue weighted by atomic mass is 9.75. The van der Waals surface area contributed by atoms with Gasteiger partial charge in [-0.25, -0.2) is 0 Å². The summed E-state index contributed by atoms with van der Waals surface area (Å²) >= 11 is 0. The zero-order valence-electron chi connectivity index (χ0n) is 16.6. The predicted molar refractivity (Wildman–Crippen MR) is 97.3 cm³/mol. The molecule has 0 aromatic carbocycles. The average molecular weight is 329 g/mol. The topological polar surface area (TPSA) is 35.5 Å². The van der Waals surface area contributed by atoms with E-state index >= 15 is 0 Å². The summed E-state index contributed by atoms with van der Waals surface area (Å²) in [5.41, 5.74) is -0.403. The van der Waals surface area contributed by atoms with Crippen molar-refractivity contribution in [1.82, 2.24) is 0 Å². The highest BCUT2D eigenvalue weighted by atomic mass is 16.7. The van der Waals surface area contributed by atoms with Crippen molar-refractivity contribution in [2.75, 3.05) is 0 Å². The largest absolute Gasteiger partial charge is 0.435 e. The number of ether oxygens (including phenoxy) is 2. The summed E-state index contributed by atoms with van der Waals surface area (Å²) in [4.78, 5) is 12.7.